The van der Waals surface area contributed by atoms with Crippen molar-refractivity contribution in [3.63, 3.8) is 0 Å². The molecule has 0 aliphatic heterocycles. The monoisotopic (exact) mass is 268 g/mol. The lowest BCUT2D eigenvalue weighted by Gasteiger charge is -2.06. The van der Waals surface area contributed by atoms with Crippen LogP contribution < -0.4 is 16.6 Å². The maximum absolute atomic E-state index is 11.7. The van der Waals surface area contributed by atoms with Crippen LogP contribution in [-0.2, 0) is 9.47 Å². The lowest BCUT2D eigenvalue weighted by Crippen LogP contribution is -2.26. The Kier molecular flexibility index (Phi) is 7.48. The van der Waals surface area contributed by atoms with E-state index in [2.05, 4.69) is 15.7 Å². The lowest BCUT2D eigenvalue weighted by atomic mass is 10.3. The fourth-order valence-electron chi connectivity index (χ4n) is 1.35. The number of nitrogens with one attached hydrogen (secondary N) is 2. The average molecular weight is 268 g/mol. The summed E-state index contributed by atoms with van der Waals surface area (Å²) in [6, 6.07) is 5.02. The fourth-order valence-corrected chi connectivity index (χ4v) is 1.35. The first-order chi connectivity index (χ1) is 9.27. The standard InChI is InChI=1S/C12H20N4O3/c1-18-8-9-19-7-3-6-14-12(17)10-4-2-5-11(15-10)16-13/h2,4-5H,3,6-9,13H2,1H3,(H,14,17)(H,15,16). The number of hydrogen-bond donors (Lipinski definition) is 3. The topological polar surface area (TPSA) is 98.5 Å². The zero-order chi connectivity index (χ0) is 13.9. The third kappa shape index (κ3) is 6.14. The van der Waals surface area contributed by atoms with E-state index in [0.29, 0.717) is 37.9 Å². The molecule has 1 heterocycles. The Hall–Kier alpha value is -1.70. The van der Waals surface area contributed by atoms with Gasteiger partial charge in [0.1, 0.15) is 11.5 Å². The van der Waals surface area contributed by atoms with Crippen LogP contribution in [-0.4, -0.2) is 44.4 Å². The summed E-state index contributed by atoms with van der Waals surface area (Å²) in [5.41, 5.74) is 2.72. The van der Waals surface area contributed by atoms with Gasteiger partial charge in [0.25, 0.3) is 5.91 Å². The van der Waals surface area contributed by atoms with Crippen LogP contribution in [0.3, 0.4) is 0 Å². The number of nitrogen functional groups attached to an aromatic ring is 1. The first kappa shape index (κ1) is 15.4. The highest BCUT2D eigenvalue weighted by Crippen LogP contribution is 2.02. The molecule has 0 radical (unpaired) electrons. The molecular formula is C12H20N4O3. The Balaban J connectivity index is 2.20. The Morgan fingerprint density at radius 3 is 2.95 bits per heavy atom. The van der Waals surface area contributed by atoms with Gasteiger partial charge in [-0.15, -0.1) is 0 Å². The highest BCUT2D eigenvalue weighted by Gasteiger charge is 2.06. The van der Waals surface area contributed by atoms with E-state index in [1.54, 1.807) is 25.3 Å². The van der Waals surface area contributed by atoms with Gasteiger partial charge in [0, 0.05) is 20.3 Å². The van der Waals surface area contributed by atoms with Crippen molar-refractivity contribution in [2.24, 2.45) is 5.84 Å². The van der Waals surface area contributed by atoms with E-state index < -0.39 is 0 Å². The Morgan fingerprint density at radius 1 is 1.37 bits per heavy atom. The second-order valence-corrected chi connectivity index (χ2v) is 3.77. The van der Waals surface area contributed by atoms with E-state index in [9.17, 15) is 4.79 Å². The van der Waals surface area contributed by atoms with Gasteiger partial charge in [-0.25, -0.2) is 10.8 Å². The molecule has 1 aromatic heterocycles. The second-order valence-electron chi connectivity index (χ2n) is 3.77. The van der Waals surface area contributed by atoms with Crippen molar-refractivity contribution < 1.29 is 14.3 Å². The highest BCUT2D eigenvalue weighted by atomic mass is 16.5. The molecule has 19 heavy (non-hydrogen) atoms. The van der Waals surface area contributed by atoms with Crippen LogP contribution in [0.2, 0.25) is 0 Å². The summed E-state index contributed by atoms with van der Waals surface area (Å²) in [4.78, 5) is 15.8. The van der Waals surface area contributed by atoms with Crippen molar-refractivity contribution in [3.05, 3.63) is 23.9 Å². The Labute approximate surface area is 112 Å². The third-order valence-corrected chi connectivity index (χ3v) is 2.31. The minimum Gasteiger partial charge on any atom is -0.382 e. The Bertz CT molecular complexity index is 387. The van der Waals surface area contributed by atoms with Crippen molar-refractivity contribution in [1.82, 2.24) is 10.3 Å². The summed E-state index contributed by atoms with van der Waals surface area (Å²) in [5.74, 6) is 5.45. The average Bonchev–Trinajstić information content (AvgIpc) is 2.46. The van der Waals surface area contributed by atoms with Gasteiger partial charge in [-0.1, -0.05) is 6.07 Å². The quantitative estimate of drug-likeness (QED) is 0.335. The summed E-state index contributed by atoms with van der Waals surface area (Å²) in [5, 5.41) is 2.76. The number of hydrogen-bond acceptors (Lipinski definition) is 6. The van der Waals surface area contributed by atoms with Crippen LogP contribution in [0.25, 0.3) is 0 Å². The smallest absolute Gasteiger partial charge is 0.269 e. The Morgan fingerprint density at radius 2 is 2.21 bits per heavy atom. The van der Waals surface area contributed by atoms with Crippen LogP contribution in [0.15, 0.2) is 18.2 Å². The number of nitrogens with two attached hydrogens (primary N) is 1. The van der Waals surface area contributed by atoms with Gasteiger partial charge in [-0.3, -0.25) is 4.79 Å². The minimum absolute atomic E-state index is 0.228. The summed E-state index contributed by atoms with van der Waals surface area (Å²) in [6.07, 6.45) is 0.740. The number of carbonyl (C=O) groups is 1. The van der Waals surface area contributed by atoms with Crippen LogP contribution in [0, 0.1) is 0 Å². The molecule has 7 heteroatoms. The van der Waals surface area contributed by atoms with Gasteiger partial charge in [0.2, 0.25) is 0 Å². The molecule has 0 bridgehead atoms. The van der Waals surface area contributed by atoms with Crippen LogP contribution in [0.1, 0.15) is 16.9 Å². The molecule has 1 amide bonds. The molecule has 1 rings (SSSR count). The summed E-state index contributed by atoms with van der Waals surface area (Å²) in [6.45, 7) is 2.26. The molecule has 0 saturated carbocycles. The number of rotatable bonds is 9. The molecule has 0 aromatic carbocycles. The van der Waals surface area contributed by atoms with Gasteiger partial charge >= 0.3 is 0 Å². The zero-order valence-electron chi connectivity index (χ0n) is 11.0. The normalized spacial score (nSPS) is 10.2. The molecule has 0 fully saturated rings. The zero-order valence-corrected chi connectivity index (χ0v) is 11.0. The van der Waals surface area contributed by atoms with Crippen LogP contribution >= 0.6 is 0 Å². The number of amides is 1. The molecular weight excluding hydrogens is 248 g/mol. The van der Waals surface area contributed by atoms with E-state index in [0.717, 1.165) is 6.42 Å². The number of hydrazine groups is 1. The van der Waals surface area contributed by atoms with Crippen LogP contribution in [0.5, 0.6) is 0 Å². The largest absolute Gasteiger partial charge is 0.382 e. The molecule has 4 N–H and O–H groups in total. The minimum atomic E-state index is -0.228. The maximum Gasteiger partial charge on any atom is 0.269 e. The molecule has 1 aromatic rings. The fraction of sp³-hybridized carbons (Fsp3) is 0.500. The van der Waals surface area contributed by atoms with E-state index in [1.165, 1.54) is 0 Å². The van der Waals surface area contributed by atoms with E-state index in [1.807, 2.05) is 0 Å². The van der Waals surface area contributed by atoms with Crippen molar-refractivity contribution >= 4 is 11.7 Å². The highest BCUT2D eigenvalue weighted by molar-refractivity contribution is 5.92. The van der Waals surface area contributed by atoms with Gasteiger partial charge in [0.15, 0.2) is 0 Å². The number of ether oxygens (including phenoxy) is 2. The van der Waals surface area contributed by atoms with E-state index >= 15 is 0 Å². The molecule has 0 spiro atoms. The predicted molar refractivity (Wildman–Crippen MR) is 71.7 cm³/mol. The van der Waals surface area contributed by atoms with Gasteiger partial charge < -0.3 is 20.2 Å². The van der Waals surface area contributed by atoms with Gasteiger partial charge in [0.05, 0.1) is 13.2 Å². The van der Waals surface area contributed by atoms with E-state index in [-0.39, 0.29) is 5.91 Å². The number of aromatic nitrogens is 1. The molecule has 0 saturated heterocycles. The number of pyridine rings is 1. The van der Waals surface area contributed by atoms with E-state index in [4.69, 9.17) is 15.3 Å². The van der Waals surface area contributed by atoms with Gasteiger partial charge in [-0.2, -0.15) is 0 Å². The SMILES string of the molecule is COCCOCCCNC(=O)c1cccc(NN)n1. The molecule has 7 nitrogen and oxygen atoms in total. The second kappa shape index (κ2) is 9.26. The van der Waals surface area contributed by atoms with Crippen molar-refractivity contribution in [1.29, 1.82) is 0 Å². The van der Waals surface area contributed by atoms with Crippen molar-refractivity contribution in [3.8, 4) is 0 Å². The third-order valence-electron chi connectivity index (χ3n) is 2.31. The first-order valence-electron chi connectivity index (χ1n) is 6.06. The summed E-state index contributed by atoms with van der Waals surface area (Å²) < 4.78 is 10.1. The number of methoxy groups -OCH3 is 1. The molecule has 0 aliphatic rings. The van der Waals surface area contributed by atoms with Crippen molar-refractivity contribution in [2.75, 3.05) is 38.9 Å². The number of anilines is 1. The summed E-state index contributed by atoms with van der Waals surface area (Å²) >= 11 is 0. The summed E-state index contributed by atoms with van der Waals surface area (Å²) in [7, 11) is 1.63. The number of nitrogens with zero attached hydrogens (tertiary/aromatic N) is 1. The molecule has 0 atom stereocenters. The maximum atomic E-state index is 11.7. The number of carbonyl (C=O) groups excluding carboxylic acids is 1. The van der Waals surface area contributed by atoms with Gasteiger partial charge in [-0.05, 0) is 18.6 Å². The predicted octanol–water partition coefficient (Wildman–Crippen LogP) is 0.150. The van der Waals surface area contributed by atoms with Crippen LogP contribution in [0.4, 0.5) is 5.82 Å². The first-order valence-corrected chi connectivity index (χ1v) is 6.06. The molecule has 0 unspecified atom stereocenters. The molecule has 0 aliphatic carbocycles. The molecule has 106 valence electrons. The lowest BCUT2D eigenvalue weighted by molar-refractivity contribution is 0.0688. The van der Waals surface area contributed by atoms with Crippen molar-refractivity contribution in [2.45, 2.75) is 6.42 Å².